The number of benzene rings is 1. The monoisotopic (exact) mass is 223 g/mol. The first kappa shape index (κ1) is 12.8. The maximum absolute atomic E-state index is 13.6. The number of hydrogen-bond donors (Lipinski definition) is 0. The quantitative estimate of drug-likeness (QED) is 0.782. The van der Waals surface area contributed by atoms with Crippen LogP contribution in [0.4, 0.5) is 4.39 Å². The highest BCUT2D eigenvalue weighted by atomic mass is 19.1. The largest absolute Gasteiger partial charge is 0.297 e. The molecule has 1 rings (SSSR count). The van der Waals surface area contributed by atoms with Crippen LogP contribution < -0.4 is 0 Å². The second-order valence-electron chi connectivity index (χ2n) is 4.44. The molecular formula is C13H18FNO. The maximum atomic E-state index is 13.6. The third-order valence-corrected chi connectivity index (χ3v) is 2.55. The fourth-order valence-electron chi connectivity index (χ4n) is 1.70. The van der Waals surface area contributed by atoms with E-state index in [-0.39, 0.29) is 17.5 Å². The third kappa shape index (κ3) is 2.67. The van der Waals surface area contributed by atoms with Crippen LogP contribution in [0.2, 0.25) is 0 Å². The molecule has 1 atom stereocenters. The normalized spacial score (nSPS) is 13.2. The highest BCUT2D eigenvalue weighted by molar-refractivity contribution is 5.86. The van der Waals surface area contributed by atoms with E-state index >= 15 is 0 Å². The van der Waals surface area contributed by atoms with E-state index in [1.54, 1.807) is 37.2 Å². The average Bonchev–Trinajstić information content (AvgIpc) is 2.20. The lowest BCUT2D eigenvalue weighted by Gasteiger charge is -2.25. The number of Topliss-reactive ketones (excluding diaryl/α,β-unsaturated/α-hetero) is 1. The minimum atomic E-state index is -0.499. The zero-order valence-corrected chi connectivity index (χ0v) is 10.2. The van der Waals surface area contributed by atoms with Gasteiger partial charge in [-0.1, -0.05) is 32.0 Å². The van der Waals surface area contributed by atoms with Gasteiger partial charge in [0, 0.05) is 11.5 Å². The Balaban J connectivity index is 3.13. The summed E-state index contributed by atoms with van der Waals surface area (Å²) in [6.45, 7) is 3.67. The van der Waals surface area contributed by atoms with E-state index in [0.29, 0.717) is 5.56 Å². The van der Waals surface area contributed by atoms with Gasteiger partial charge in [0.05, 0.1) is 6.04 Å². The predicted molar refractivity (Wildman–Crippen MR) is 62.7 cm³/mol. The molecule has 0 radical (unpaired) electrons. The summed E-state index contributed by atoms with van der Waals surface area (Å²) in [6, 6.07) is 5.94. The van der Waals surface area contributed by atoms with Gasteiger partial charge in [-0.05, 0) is 20.2 Å². The van der Waals surface area contributed by atoms with Gasteiger partial charge in [0.15, 0.2) is 5.78 Å². The molecule has 0 aliphatic carbocycles. The van der Waals surface area contributed by atoms with Crippen molar-refractivity contribution in [1.29, 1.82) is 0 Å². The van der Waals surface area contributed by atoms with Gasteiger partial charge in [-0.2, -0.15) is 0 Å². The Bertz CT molecular complexity index is 374. The molecule has 0 N–H and O–H groups in total. The molecule has 0 aliphatic rings. The van der Waals surface area contributed by atoms with Crippen molar-refractivity contribution in [2.45, 2.75) is 19.9 Å². The van der Waals surface area contributed by atoms with Crippen molar-refractivity contribution in [3.8, 4) is 0 Å². The van der Waals surface area contributed by atoms with Crippen LogP contribution in [0.1, 0.15) is 25.5 Å². The molecule has 0 saturated heterocycles. The van der Waals surface area contributed by atoms with Crippen molar-refractivity contribution >= 4 is 5.78 Å². The van der Waals surface area contributed by atoms with E-state index in [1.807, 2.05) is 13.8 Å². The first-order valence-corrected chi connectivity index (χ1v) is 5.39. The van der Waals surface area contributed by atoms with Crippen molar-refractivity contribution in [3.05, 3.63) is 35.6 Å². The van der Waals surface area contributed by atoms with E-state index in [9.17, 15) is 9.18 Å². The number of nitrogens with zero attached hydrogens (tertiary/aromatic N) is 1. The molecule has 0 spiro atoms. The molecule has 0 amide bonds. The summed E-state index contributed by atoms with van der Waals surface area (Å²) in [4.78, 5) is 13.8. The number of carbonyl (C=O) groups excluding carboxylic acids is 1. The lowest BCUT2D eigenvalue weighted by Crippen LogP contribution is -2.31. The standard InChI is InChI=1S/C13H18FNO/c1-9(2)13(16)12(15(3)4)10-7-5-6-8-11(10)14/h5-9,12H,1-4H3. The number of carbonyl (C=O) groups is 1. The second kappa shape index (κ2) is 5.21. The molecule has 2 nitrogen and oxygen atoms in total. The van der Waals surface area contributed by atoms with Crippen LogP contribution in [-0.2, 0) is 4.79 Å². The minimum Gasteiger partial charge on any atom is -0.297 e. The molecule has 0 fully saturated rings. The van der Waals surface area contributed by atoms with E-state index in [1.165, 1.54) is 6.07 Å². The molecule has 1 aromatic carbocycles. The lowest BCUT2D eigenvalue weighted by molar-refractivity contribution is -0.126. The Hall–Kier alpha value is -1.22. The molecule has 0 heterocycles. The molecule has 1 aromatic rings. The van der Waals surface area contributed by atoms with Gasteiger partial charge in [0.25, 0.3) is 0 Å². The van der Waals surface area contributed by atoms with Gasteiger partial charge >= 0.3 is 0 Å². The highest BCUT2D eigenvalue weighted by Gasteiger charge is 2.27. The van der Waals surface area contributed by atoms with Crippen molar-refractivity contribution in [1.82, 2.24) is 4.90 Å². The molecule has 0 bridgehead atoms. The third-order valence-electron chi connectivity index (χ3n) is 2.55. The van der Waals surface area contributed by atoms with Crippen LogP contribution in [0.3, 0.4) is 0 Å². The van der Waals surface area contributed by atoms with Crippen molar-refractivity contribution in [2.24, 2.45) is 5.92 Å². The molecule has 0 aromatic heterocycles. The van der Waals surface area contributed by atoms with Crippen LogP contribution in [0.5, 0.6) is 0 Å². The minimum absolute atomic E-state index is 0.0371. The molecular weight excluding hydrogens is 205 g/mol. The van der Waals surface area contributed by atoms with Crippen molar-refractivity contribution in [2.75, 3.05) is 14.1 Å². The summed E-state index contributed by atoms with van der Waals surface area (Å²) < 4.78 is 13.6. The lowest BCUT2D eigenvalue weighted by atomic mass is 9.94. The van der Waals surface area contributed by atoms with Crippen LogP contribution in [-0.4, -0.2) is 24.8 Å². The zero-order valence-electron chi connectivity index (χ0n) is 10.2. The van der Waals surface area contributed by atoms with Gasteiger partial charge < -0.3 is 0 Å². The number of rotatable bonds is 4. The van der Waals surface area contributed by atoms with Crippen molar-refractivity contribution < 1.29 is 9.18 Å². The Morgan fingerprint density at radius 3 is 2.25 bits per heavy atom. The average molecular weight is 223 g/mol. The summed E-state index contributed by atoms with van der Waals surface area (Å²) in [5, 5.41) is 0. The Morgan fingerprint density at radius 2 is 1.81 bits per heavy atom. The van der Waals surface area contributed by atoms with Gasteiger partial charge in [0.2, 0.25) is 0 Å². The van der Waals surface area contributed by atoms with E-state index in [4.69, 9.17) is 0 Å². The van der Waals surface area contributed by atoms with Gasteiger partial charge in [0.1, 0.15) is 5.82 Å². The molecule has 88 valence electrons. The van der Waals surface area contributed by atoms with Crippen molar-refractivity contribution in [3.63, 3.8) is 0 Å². The topological polar surface area (TPSA) is 20.3 Å². The van der Waals surface area contributed by atoms with Crippen LogP contribution in [0, 0.1) is 11.7 Å². The predicted octanol–water partition coefficient (Wildman–Crippen LogP) is 2.65. The number of ketones is 1. The van der Waals surface area contributed by atoms with E-state index in [0.717, 1.165) is 0 Å². The van der Waals surface area contributed by atoms with E-state index in [2.05, 4.69) is 0 Å². The Kier molecular flexibility index (Phi) is 4.19. The number of halogens is 1. The van der Waals surface area contributed by atoms with Crippen LogP contribution in [0.25, 0.3) is 0 Å². The second-order valence-corrected chi connectivity index (χ2v) is 4.44. The Labute approximate surface area is 96.1 Å². The molecule has 0 aliphatic heterocycles. The SMILES string of the molecule is CC(C)C(=O)C(c1ccccc1F)N(C)C. The maximum Gasteiger partial charge on any atom is 0.157 e. The summed E-state index contributed by atoms with van der Waals surface area (Å²) >= 11 is 0. The van der Waals surface area contributed by atoms with Crippen LogP contribution >= 0.6 is 0 Å². The first-order valence-electron chi connectivity index (χ1n) is 5.39. The number of likely N-dealkylation sites (N-methyl/N-ethyl adjacent to an activating group) is 1. The van der Waals surface area contributed by atoms with E-state index < -0.39 is 6.04 Å². The van der Waals surface area contributed by atoms with Gasteiger partial charge in [-0.3, -0.25) is 9.69 Å². The highest BCUT2D eigenvalue weighted by Crippen LogP contribution is 2.24. The summed E-state index contributed by atoms with van der Waals surface area (Å²) in [6.07, 6.45) is 0. The number of hydrogen-bond acceptors (Lipinski definition) is 2. The molecule has 3 heteroatoms. The fourth-order valence-corrected chi connectivity index (χ4v) is 1.70. The van der Waals surface area contributed by atoms with Gasteiger partial charge in [-0.15, -0.1) is 0 Å². The first-order chi connectivity index (χ1) is 7.45. The fraction of sp³-hybridized carbons (Fsp3) is 0.462. The van der Waals surface area contributed by atoms with Gasteiger partial charge in [-0.25, -0.2) is 4.39 Å². The molecule has 0 saturated carbocycles. The smallest absolute Gasteiger partial charge is 0.157 e. The molecule has 1 unspecified atom stereocenters. The summed E-state index contributed by atoms with van der Waals surface area (Å²) in [5.74, 6) is -0.391. The zero-order chi connectivity index (χ0) is 12.3. The molecule has 16 heavy (non-hydrogen) atoms. The Morgan fingerprint density at radius 1 is 1.25 bits per heavy atom. The van der Waals surface area contributed by atoms with Crippen LogP contribution in [0.15, 0.2) is 24.3 Å². The summed E-state index contributed by atoms with van der Waals surface area (Å²) in [7, 11) is 3.58. The summed E-state index contributed by atoms with van der Waals surface area (Å²) in [5.41, 5.74) is 0.450.